The highest BCUT2D eigenvalue weighted by atomic mass is 79.9. The van der Waals surface area contributed by atoms with Gasteiger partial charge >= 0.3 is 0 Å². The SMILES string of the molecule is CN(c1cccc(Cl)c1CBr)C1CCSC1. The smallest absolute Gasteiger partial charge is 0.0467 e. The van der Waals surface area contributed by atoms with Gasteiger partial charge in [-0.15, -0.1) is 0 Å². The van der Waals surface area contributed by atoms with Gasteiger partial charge in [-0.05, 0) is 24.3 Å². The highest BCUT2D eigenvalue weighted by molar-refractivity contribution is 9.08. The third-order valence-electron chi connectivity index (χ3n) is 3.06. The molecular weight excluding hydrogens is 306 g/mol. The highest BCUT2D eigenvalue weighted by Crippen LogP contribution is 2.32. The number of anilines is 1. The van der Waals surface area contributed by atoms with Crippen molar-refractivity contribution < 1.29 is 0 Å². The van der Waals surface area contributed by atoms with Crippen molar-refractivity contribution in [3.05, 3.63) is 28.8 Å². The van der Waals surface area contributed by atoms with Crippen LogP contribution < -0.4 is 4.90 Å². The van der Waals surface area contributed by atoms with E-state index in [4.69, 9.17) is 11.6 Å². The fraction of sp³-hybridized carbons (Fsp3) is 0.500. The summed E-state index contributed by atoms with van der Waals surface area (Å²) in [6.07, 6.45) is 1.27. The average molecular weight is 321 g/mol. The Balaban J connectivity index is 2.27. The van der Waals surface area contributed by atoms with Crippen LogP contribution in [0, 0.1) is 0 Å². The molecule has 1 aliphatic heterocycles. The first-order valence-electron chi connectivity index (χ1n) is 5.38. The van der Waals surface area contributed by atoms with E-state index in [1.807, 2.05) is 23.9 Å². The van der Waals surface area contributed by atoms with Crippen LogP contribution in [0.5, 0.6) is 0 Å². The summed E-state index contributed by atoms with van der Waals surface area (Å²) >= 11 is 11.8. The lowest BCUT2D eigenvalue weighted by Crippen LogP contribution is -2.31. The molecule has 1 saturated heterocycles. The van der Waals surface area contributed by atoms with Crippen molar-refractivity contribution >= 4 is 45.0 Å². The van der Waals surface area contributed by atoms with E-state index in [1.54, 1.807) is 0 Å². The van der Waals surface area contributed by atoms with Gasteiger partial charge in [0.15, 0.2) is 0 Å². The fourth-order valence-corrected chi connectivity index (χ4v) is 4.29. The molecule has 0 radical (unpaired) electrons. The Morgan fingerprint density at radius 1 is 1.56 bits per heavy atom. The van der Waals surface area contributed by atoms with Crippen molar-refractivity contribution in [2.75, 3.05) is 23.5 Å². The first-order chi connectivity index (χ1) is 7.74. The number of benzene rings is 1. The zero-order chi connectivity index (χ0) is 11.5. The van der Waals surface area contributed by atoms with Crippen LogP contribution in [0.1, 0.15) is 12.0 Å². The van der Waals surface area contributed by atoms with Crippen LogP contribution in [0.15, 0.2) is 18.2 Å². The largest absolute Gasteiger partial charge is 0.370 e. The van der Waals surface area contributed by atoms with Crippen molar-refractivity contribution in [3.8, 4) is 0 Å². The quantitative estimate of drug-likeness (QED) is 0.769. The molecule has 0 amide bonds. The zero-order valence-corrected chi connectivity index (χ0v) is 12.4. The standard InChI is InChI=1S/C12H15BrClNS/c1-15(9-5-6-16-8-9)12-4-2-3-11(14)10(12)7-13/h2-4,9H,5-8H2,1H3. The Morgan fingerprint density at radius 3 is 3.00 bits per heavy atom. The summed E-state index contributed by atoms with van der Waals surface area (Å²) in [6.45, 7) is 0. The molecule has 2 rings (SSSR count). The van der Waals surface area contributed by atoms with Crippen LogP contribution in [0.3, 0.4) is 0 Å². The van der Waals surface area contributed by atoms with Gasteiger partial charge in [-0.1, -0.05) is 33.6 Å². The molecule has 1 atom stereocenters. The number of nitrogens with zero attached hydrogens (tertiary/aromatic N) is 1. The third kappa shape index (κ3) is 2.52. The van der Waals surface area contributed by atoms with Gasteiger partial charge in [0.05, 0.1) is 0 Å². The van der Waals surface area contributed by atoms with E-state index in [0.717, 1.165) is 10.4 Å². The van der Waals surface area contributed by atoms with Crippen molar-refractivity contribution in [3.63, 3.8) is 0 Å². The second kappa shape index (κ2) is 5.65. The van der Waals surface area contributed by atoms with E-state index in [1.165, 1.54) is 29.2 Å². The van der Waals surface area contributed by atoms with Gasteiger partial charge in [-0.3, -0.25) is 0 Å². The fourth-order valence-electron chi connectivity index (χ4n) is 2.03. The van der Waals surface area contributed by atoms with Crippen molar-refractivity contribution in [2.24, 2.45) is 0 Å². The lowest BCUT2D eigenvalue weighted by molar-refractivity contribution is 0.698. The lowest BCUT2D eigenvalue weighted by atomic mass is 10.1. The summed E-state index contributed by atoms with van der Waals surface area (Å²) < 4.78 is 0. The molecule has 0 spiro atoms. The molecule has 1 aliphatic rings. The molecule has 0 aromatic heterocycles. The van der Waals surface area contributed by atoms with Gasteiger partial charge in [0.25, 0.3) is 0 Å². The second-order valence-electron chi connectivity index (χ2n) is 4.00. The molecule has 4 heteroatoms. The molecular formula is C12H15BrClNS. The number of hydrogen-bond acceptors (Lipinski definition) is 2. The topological polar surface area (TPSA) is 3.24 Å². The van der Waals surface area contributed by atoms with Crippen LogP contribution in [-0.2, 0) is 5.33 Å². The third-order valence-corrected chi connectivity index (χ3v) is 5.12. The van der Waals surface area contributed by atoms with Gasteiger partial charge in [0, 0.05) is 40.4 Å². The first-order valence-corrected chi connectivity index (χ1v) is 8.03. The van der Waals surface area contributed by atoms with E-state index in [-0.39, 0.29) is 0 Å². The molecule has 1 aromatic carbocycles. The minimum Gasteiger partial charge on any atom is -0.370 e. The monoisotopic (exact) mass is 319 g/mol. The average Bonchev–Trinajstić information content (AvgIpc) is 2.81. The van der Waals surface area contributed by atoms with Gasteiger partial charge < -0.3 is 4.90 Å². The summed E-state index contributed by atoms with van der Waals surface area (Å²) in [5.41, 5.74) is 2.46. The maximum atomic E-state index is 6.22. The number of rotatable bonds is 3. The van der Waals surface area contributed by atoms with E-state index in [9.17, 15) is 0 Å². The molecule has 88 valence electrons. The Hall–Kier alpha value is 0.140. The second-order valence-corrected chi connectivity index (χ2v) is 6.12. The number of halogens is 2. The summed E-state index contributed by atoms with van der Waals surface area (Å²) in [6, 6.07) is 6.80. The normalized spacial score (nSPS) is 20.1. The van der Waals surface area contributed by atoms with Gasteiger partial charge in [-0.2, -0.15) is 11.8 Å². The molecule has 1 nitrogen and oxygen atoms in total. The molecule has 0 saturated carbocycles. The summed E-state index contributed by atoms with van der Waals surface area (Å²) in [5, 5.41) is 1.67. The summed E-state index contributed by atoms with van der Waals surface area (Å²) in [5.74, 6) is 2.50. The highest BCUT2D eigenvalue weighted by Gasteiger charge is 2.22. The Morgan fingerprint density at radius 2 is 2.38 bits per heavy atom. The number of thioether (sulfide) groups is 1. The van der Waals surface area contributed by atoms with E-state index in [0.29, 0.717) is 6.04 Å². The molecule has 1 heterocycles. The van der Waals surface area contributed by atoms with Crippen LogP contribution >= 0.6 is 39.3 Å². The van der Waals surface area contributed by atoms with Crippen molar-refractivity contribution in [2.45, 2.75) is 17.8 Å². The van der Waals surface area contributed by atoms with E-state index in [2.05, 4.69) is 33.9 Å². The lowest BCUT2D eigenvalue weighted by Gasteiger charge is -2.28. The van der Waals surface area contributed by atoms with Crippen molar-refractivity contribution in [1.82, 2.24) is 0 Å². The maximum absolute atomic E-state index is 6.22. The summed E-state index contributed by atoms with van der Waals surface area (Å²) in [4.78, 5) is 2.38. The van der Waals surface area contributed by atoms with Gasteiger partial charge in [0.2, 0.25) is 0 Å². The molecule has 1 unspecified atom stereocenters. The van der Waals surface area contributed by atoms with Crippen LogP contribution in [0.25, 0.3) is 0 Å². The van der Waals surface area contributed by atoms with Crippen molar-refractivity contribution in [1.29, 1.82) is 0 Å². The predicted octanol–water partition coefficient (Wildman–Crippen LogP) is 4.18. The van der Waals surface area contributed by atoms with Gasteiger partial charge in [0.1, 0.15) is 0 Å². The predicted molar refractivity (Wildman–Crippen MR) is 78.2 cm³/mol. The number of alkyl halides is 1. The zero-order valence-electron chi connectivity index (χ0n) is 9.25. The molecule has 0 aliphatic carbocycles. The first kappa shape index (κ1) is 12.6. The van der Waals surface area contributed by atoms with Crippen LogP contribution in [0.2, 0.25) is 5.02 Å². The van der Waals surface area contributed by atoms with E-state index < -0.39 is 0 Å². The Kier molecular flexibility index (Phi) is 4.45. The molecule has 16 heavy (non-hydrogen) atoms. The molecule has 0 bridgehead atoms. The molecule has 1 aromatic rings. The Bertz CT molecular complexity index is 366. The summed E-state index contributed by atoms with van der Waals surface area (Å²) in [7, 11) is 2.17. The van der Waals surface area contributed by atoms with Crippen LogP contribution in [0.4, 0.5) is 5.69 Å². The maximum Gasteiger partial charge on any atom is 0.0467 e. The minimum absolute atomic E-state index is 0.654. The van der Waals surface area contributed by atoms with Gasteiger partial charge in [-0.25, -0.2) is 0 Å². The number of hydrogen-bond donors (Lipinski definition) is 0. The minimum atomic E-state index is 0.654. The molecule has 0 N–H and O–H groups in total. The Labute approximate surface area is 115 Å². The van der Waals surface area contributed by atoms with E-state index >= 15 is 0 Å². The van der Waals surface area contributed by atoms with Crippen LogP contribution in [-0.4, -0.2) is 24.6 Å². The molecule has 1 fully saturated rings.